The Balaban J connectivity index is 1.76. The average molecular weight is 806 g/mol. The normalized spacial score (nSPS) is 13.6. The van der Waals surface area contributed by atoms with Crippen LogP contribution in [0.5, 0.6) is 0 Å². The molecule has 0 fully saturated rings. The molecular weight excluding hydrogens is 755 g/mol. The third kappa shape index (κ3) is 18.5. The monoisotopic (exact) mass is 805 g/mol. The number of alkyl carbamates (subject to hydrolysis) is 1. The van der Waals surface area contributed by atoms with Crippen molar-refractivity contribution < 1.29 is 47.2 Å². The molecule has 0 saturated heterocycles. The summed E-state index contributed by atoms with van der Waals surface area (Å²) in [6.07, 6.45) is 0.904. The van der Waals surface area contributed by atoms with Gasteiger partial charge in [0.25, 0.3) is 0 Å². The molecule has 3 unspecified atom stereocenters. The lowest BCUT2D eigenvalue weighted by atomic mass is 10.1. The Bertz CT molecular complexity index is 1860. The van der Waals surface area contributed by atoms with Crippen molar-refractivity contribution in [3.05, 3.63) is 108 Å². The number of nitrogens with zero attached hydrogens (tertiary/aromatic N) is 1. The molecule has 16 heteroatoms. The summed E-state index contributed by atoms with van der Waals surface area (Å²) in [5, 5.41) is 11.4. The minimum atomic E-state index is -1.59. The molecular formula is C41H51N5O10S. The summed E-state index contributed by atoms with van der Waals surface area (Å²) in [5.74, 6) is -3.83. The summed E-state index contributed by atoms with van der Waals surface area (Å²) in [4.78, 5) is 83.6. The number of esters is 2. The van der Waals surface area contributed by atoms with Crippen molar-refractivity contribution in [1.82, 2.24) is 26.3 Å². The predicted octanol–water partition coefficient (Wildman–Crippen LogP) is 3.79. The Morgan fingerprint density at radius 3 is 1.91 bits per heavy atom. The molecule has 0 aliphatic heterocycles. The zero-order chi connectivity index (χ0) is 42.0. The number of hydrogen-bond acceptors (Lipinski definition) is 11. The Labute approximate surface area is 335 Å². The van der Waals surface area contributed by atoms with Crippen LogP contribution < -0.4 is 21.3 Å². The van der Waals surface area contributed by atoms with E-state index in [2.05, 4.69) is 26.3 Å². The zero-order valence-corrected chi connectivity index (χ0v) is 33.8. The first kappa shape index (κ1) is 45.5. The third-order valence-corrected chi connectivity index (χ3v) is 8.51. The van der Waals surface area contributed by atoms with E-state index in [9.17, 15) is 33.0 Å². The van der Waals surface area contributed by atoms with Gasteiger partial charge in [-0.05, 0) is 71.4 Å². The van der Waals surface area contributed by atoms with E-state index in [1.165, 1.54) is 17.7 Å². The number of amides is 4. The van der Waals surface area contributed by atoms with Crippen LogP contribution in [0.2, 0.25) is 0 Å². The Morgan fingerprint density at radius 2 is 1.32 bits per heavy atom. The minimum absolute atomic E-state index is 0.112. The van der Waals surface area contributed by atoms with Crippen molar-refractivity contribution in [3.63, 3.8) is 0 Å². The van der Waals surface area contributed by atoms with Gasteiger partial charge >= 0.3 is 18.0 Å². The summed E-state index contributed by atoms with van der Waals surface area (Å²) >= 11 is 0. The molecule has 4 atom stereocenters. The van der Waals surface area contributed by atoms with Crippen molar-refractivity contribution >= 4 is 46.6 Å². The van der Waals surface area contributed by atoms with Crippen LogP contribution >= 0.6 is 0 Å². The quantitative estimate of drug-likeness (QED) is 0.107. The predicted molar refractivity (Wildman–Crippen MR) is 211 cm³/mol. The molecule has 1 heterocycles. The fourth-order valence-electron chi connectivity index (χ4n) is 4.95. The molecule has 0 aliphatic carbocycles. The highest BCUT2D eigenvalue weighted by atomic mass is 32.2. The van der Waals surface area contributed by atoms with Crippen LogP contribution in [0.15, 0.2) is 101 Å². The van der Waals surface area contributed by atoms with E-state index in [4.69, 9.17) is 14.2 Å². The van der Waals surface area contributed by atoms with Crippen LogP contribution in [0.4, 0.5) is 4.79 Å². The van der Waals surface area contributed by atoms with Crippen molar-refractivity contribution in [1.29, 1.82) is 0 Å². The van der Waals surface area contributed by atoms with Crippen LogP contribution in [0.1, 0.15) is 65.6 Å². The van der Waals surface area contributed by atoms with E-state index < -0.39 is 88.8 Å². The molecule has 3 rings (SSSR count). The van der Waals surface area contributed by atoms with Gasteiger partial charge < -0.3 is 35.5 Å². The molecule has 2 aromatic carbocycles. The molecule has 1 aromatic heterocycles. The maximum atomic E-state index is 13.7. The number of nitrogens with one attached hydrogen (secondary N) is 4. The van der Waals surface area contributed by atoms with Gasteiger partial charge in [0.05, 0.1) is 36.2 Å². The Kier molecular flexibility index (Phi) is 17.6. The standard InChI is InChI=1S/C41H51N5O10S/c1-40(2,3)55-35(48)24-30(20-22-57(53)31-18-11-8-12-19-31)44-34(47)26-43-37(50)32(23-29-17-13-14-21-42-29)45-38(51)33(25-36(49)56-41(4,5)6)46-39(52)54-27-28-15-9-7-10-16-28/h7-22,30,32-33H,23-27H2,1-6H3,(H,43,50)(H,44,47)(H,45,51)(H,46,52)/b22-20+/t30?,32?,33-,57?/m0/s1. The van der Waals surface area contributed by atoms with Crippen molar-refractivity contribution in [3.8, 4) is 0 Å². The first-order valence-electron chi connectivity index (χ1n) is 18.2. The Morgan fingerprint density at radius 1 is 0.719 bits per heavy atom. The largest absolute Gasteiger partial charge is 0.460 e. The molecule has 4 N–H and O–H groups in total. The molecule has 0 spiro atoms. The number of hydrogen-bond donors (Lipinski definition) is 4. The van der Waals surface area contributed by atoms with E-state index in [1.807, 2.05) is 0 Å². The molecule has 306 valence electrons. The van der Waals surface area contributed by atoms with Crippen molar-refractivity contribution in [2.24, 2.45) is 0 Å². The highest BCUT2D eigenvalue weighted by molar-refractivity contribution is 7.88. The van der Waals surface area contributed by atoms with Gasteiger partial charge in [-0.25, -0.2) is 9.00 Å². The maximum Gasteiger partial charge on any atom is 0.408 e. The molecule has 4 amide bonds. The summed E-state index contributed by atoms with van der Waals surface area (Å²) in [7, 11) is -1.59. The van der Waals surface area contributed by atoms with E-state index in [-0.39, 0.29) is 19.4 Å². The summed E-state index contributed by atoms with van der Waals surface area (Å²) in [6.45, 7) is 9.33. The molecule has 57 heavy (non-hydrogen) atoms. The smallest absolute Gasteiger partial charge is 0.408 e. The second-order valence-corrected chi connectivity index (χ2v) is 16.1. The van der Waals surface area contributed by atoms with Gasteiger partial charge in [-0.3, -0.25) is 29.0 Å². The average Bonchev–Trinajstić information content (AvgIpc) is 3.14. The number of benzene rings is 2. The van der Waals surface area contributed by atoms with Gasteiger partial charge in [0.15, 0.2) is 0 Å². The molecule has 0 bridgehead atoms. The lowest BCUT2D eigenvalue weighted by Gasteiger charge is -2.24. The molecule has 0 aliphatic rings. The molecule has 15 nitrogen and oxygen atoms in total. The lowest BCUT2D eigenvalue weighted by Crippen LogP contribution is -2.56. The highest BCUT2D eigenvalue weighted by Crippen LogP contribution is 2.13. The minimum Gasteiger partial charge on any atom is -0.460 e. The zero-order valence-electron chi connectivity index (χ0n) is 32.9. The van der Waals surface area contributed by atoms with E-state index in [1.54, 1.807) is 120 Å². The summed E-state index contributed by atoms with van der Waals surface area (Å²) < 4.78 is 28.9. The van der Waals surface area contributed by atoms with Gasteiger partial charge in [-0.15, -0.1) is 0 Å². The fourth-order valence-corrected chi connectivity index (χ4v) is 5.87. The molecule has 0 radical (unpaired) electrons. The number of rotatable bonds is 18. The number of carbonyl (C=O) groups excluding carboxylic acids is 6. The first-order valence-corrected chi connectivity index (χ1v) is 19.4. The number of ether oxygens (including phenoxy) is 3. The summed E-state index contributed by atoms with van der Waals surface area (Å²) in [6, 6.07) is 18.6. The van der Waals surface area contributed by atoms with Gasteiger partial charge in [-0.1, -0.05) is 60.7 Å². The van der Waals surface area contributed by atoms with Crippen LogP contribution in [-0.4, -0.2) is 80.8 Å². The van der Waals surface area contributed by atoms with Gasteiger partial charge in [0.1, 0.15) is 29.9 Å². The van der Waals surface area contributed by atoms with E-state index in [0.717, 1.165) is 0 Å². The van der Waals surface area contributed by atoms with Crippen molar-refractivity contribution in [2.75, 3.05) is 6.54 Å². The van der Waals surface area contributed by atoms with Gasteiger partial charge in [-0.2, -0.15) is 0 Å². The molecule has 0 saturated carbocycles. The van der Waals surface area contributed by atoms with Gasteiger partial charge in [0.2, 0.25) is 17.7 Å². The number of pyridine rings is 1. The highest BCUT2D eigenvalue weighted by Gasteiger charge is 2.31. The maximum absolute atomic E-state index is 13.7. The fraction of sp³-hybridized carbons (Fsp3) is 0.390. The molecule has 3 aromatic rings. The van der Waals surface area contributed by atoms with E-state index in [0.29, 0.717) is 16.2 Å². The van der Waals surface area contributed by atoms with Crippen LogP contribution in [0, 0.1) is 0 Å². The van der Waals surface area contributed by atoms with Crippen LogP contribution in [0.3, 0.4) is 0 Å². The second-order valence-electron chi connectivity index (χ2n) is 14.8. The second kappa shape index (κ2) is 22.0. The van der Waals surface area contributed by atoms with Gasteiger partial charge in [0, 0.05) is 28.6 Å². The number of carbonyl (C=O) groups is 6. The van der Waals surface area contributed by atoms with Crippen molar-refractivity contribution in [2.45, 2.75) is 102 Å². The SMILES string of the molecule is CC(C)(C)OC(=O)CC(/C=C/S(=O)c1ccccc1)NC(=O)CNC(=O)C(Cc1ccccn1)NC(=O)[C@H](CC(=O)OC(C)(C)C)NC(=O)OCc1ccccc1. The summed E-state index contributed by atoms with van der Waals surface area (Å²) in [5.41, 5.74) is -0.594. The van der Waals surface area contributed by atoms with Crippen LogP contribution in [-0.2, 0) is 62.0 Å². The lowest BCUT2D eigenvalue weighted by molar-refractivity contribution is -0.157. The topological polar surface area (TPSA) is 208 Å². The van der Waals surface area contributed by atoms with Crippen LogP contribution in [0.25, 0.3) is 0 Å². The van der Waals surface area contributed by atoms with E-state index >= 15 is 0 Å². The third-order valence-electron chi connectivity index (χ3n) is 7.37. The Hall–Kier alpha value is -5.90. The first-order chi connectivity index (χ1) is 26.9. The number of aromatic nitrogens is 1.